The van der Waals surface area contributed by atoms with Gasteiger partial charge in [0.05, 0.1) is 0 Å². The molecule has 0 saturated heterocycles. The topological polar surface area (TPSA) is 17.8 Å². The minimum absolute atomic E-state index is 0.196. The monoisotopic (exact) mass is 218 g/mol. The molecular weight excluding hydrogens is 203 g/mol. The number of nitrogens with zero attached hydrogens (tertiary/aromatic N) is 2. The van der Waals surface area contributed by atoms with Gasteiger partial charge >= 0.3 is 0 Å². The highest BCUT2D eigenvalue weighted by Crippen LogP contribution is 2.14. The molecule has 3 heteroatoms. The fraction of sp³-hybridized carbons (Fsp3) is 0.308. The van der Waals surface area contributed by atoms with Gasteiger partial charge in [0.2, 0.25) is 0 Å². The van der Waals surface area contributed by atoms with E-state index in [1.54, 1.807) is 18.3 Å². The van der Waals surface area contributed by atoms with Crippen LogP contribution in [0, 0.1) is 5.82 Å². The number of rotatable bonds is 3. The van der Waals surface area contributed by atoms with E-state index in [1.807, 2.05) is 6.20 Å². The molecular formula is C13H15FN2. The van der Waals surface area contributed by atoms with Crippen LogP contribution < -0.4 is 0 Å². The van der Waals surface area contributed by atoms with Crippen molar-refractivity contribution in [2.45, 2.75) is 26.3 Å². The van der Waals surface area contributed by atoms with Crippen LogP contribution in [0.4, 0.5) is 4.39 Å². The first-order chi connectivity index (χ1) is 7.66. The molecule has 0 N–H and O–H groups in total. The molecule has 0 aliphatic rings. The van der Waals surface area contributed by atoms with Gasteiger partial charge in [-0.3, -0.25) is 0 Å². The summed E-state index contributed by atoms with van der Waals surface area (Å²) in [5, 5.41) is 0. The maximum absolute atomic E-state index is 12.8. The molecule has 2 aromatic rings. The van der Waals surface area contributed by atoms with E-state index in [4.69, 9.17) is 0 Å². The Morgan fingerprint density at radius 1 is 1.25 bits per heavy atom. The smallest absolute Gasteiger partial charge is 0.123 e. The zero-order valence-electron chi connectivity index (χ0n) is 9.52. The van der Waals surface area contributed by atoms with E-state index in [9.17, 15) is 4.39 Å². The molecule has 0 aliphatic carbocycles. The van der Waals surface area contributed by atoms with Crippen LogP contribution in [0.3, 0.4) is 0 Å². The van der Waals surface area contributed by atoms with Gasteiger partial charge in [-0.15, -0.1) is 0 Å². The summed E-state index contributed by atoms with van der Waals surface area (Å²) in [6, 6.07) is 6.58. The molecule has 0 fully saturated rings. The van der Waals surface area contributed by atoms with Gasteiger partial charge in [0.1, 0.15) is 11.6 Å². The second kappa shape index (κ2) is 4.47. The lowest BCUT2D eigenvalue weighted by Crippen LogP contribution is -2.05. The second-order valence-electron chi connectivity index (χ2n) is 4.19. The number of imidazole rings is 1. The van der Waals surface area contributed by atoms with Gasteiger partial charge in [-0.1, -0.05) is 26.0 Å². The van der Waals surface area contributed by atoms with Gasteiger partial charge in [-0.05, 0) is 17.7 Å². The van der Waals surface area contributed by atoms with E-state index in [2.05, 4.69) is 23.4 Å². The quantitative estimate of drug-likeness (QED) is 0.773. The highest BCUT2D eigenvalue weighted by atomic mass is 19.1. The van der Waals surface area contributed by atoms with Gasteiger partial charge in [0.15, 0.2) is 0 Å². The number of hydrogen-bond donors (Lipinski definition) is 0. The third kappa shape index (κ3) is 2.30. The molecule has 0 aliphatic heterocycles. The summed E-state index contributed by atoms with van der Waals surface area (Å²) in [5.74, 6) is 1.26. The third-order valence-corrected chi connectivity index (χ3v) is 2.53. The van der Waals surface area contributed by atoms with Crippen molar-refractivity contribution < 1.29 is 4.39 Å². The van der Waals surface area contributed by atoms with Crippen LogP contribution in [-0.4, -0.2) is 9.55 Å². The maximum atomic E-state index is 12.8. The lowest BCUT2D eigenvalue weighted by molar-refractivity contribution is 0.624. The van der Waals surface area contributed by atoms with Crippen molar-refractivity contribution in [3.05, 3.63) is 53.9 Å². The first-order valence-electron chi connectivity index (χ1n) is 5.42. The van der Waals surface area contributed by atoms with Crippen LogP contribution >= 0.6 is 0 Å². The Balaban J connectivity index is 2.20. The summed E-state index contributed by atoms with van der Waals surface area (Å²) in [6.07, 6.45) is 3.76. The van der Waals surface area contributed by atoms with Crippen molar-refractivity contribution in [3.8, 4) is 0 Å². The molecule has 0 unspecified atom stereocenters. The predicted molar refractivity (Wildman–Crippen MR) is 61.8 cm³/mol. The molecule has 0 saturated carbocycles. The Kier molecular flexibility index (Phi) is 3.04. The predicted octanol–water partition coefficient (Wildman–Crippen LogP) is 3.19. The van der Waals surface area contributed by atoms with Crippen molar-refractivity contribution in [2.75, 3.05) is 0 Å². The van der Waals surface area contributed by atoms with Crippen molar-refractivity contribution >= 4 is 0 Å². The van der Waals surface area contributed by atoms with Gasteiger partial charge in [-0.25, -0.2) is 9.37 Å². The highest BCUT2D eigenvalue weighted by Gasteiger charge is 2.07. The zero-order valence-corrected chi connectivity index (χ0v) is 9.52. The van der Waals surface area contributed by atoms with Crippen molar-refractivity contribution in [3.63, 3.8) is 0 Å². The second-order valence-corrected chi connectivity index (χ2v) is 4.19. The molecule has 0 atom stereocenters. The zero-order chi connectivity index (χ0) is 11.5. The standard InChI is InChI=1S/C13H15FN2/c1-10(2)13-15-7-8-16(13)9-11-3-5-12(14)6-4-11/h3-8,10H,9H2,1-2H3. The van der Waals surface area contributed by atoms with Crippen LogP contribution in [0.1, 0.15) is 31.2 Å². The van der Waals surface area contributed by atoms with Gasteiger partial charge in [0, 0.05) is 24.9 Å². The lowest BCUT2D eigenvalue weighted by atomic mass is 10.2. The molecule has 1 aromatic heterocycles. The number of halogens is 1. The minimum atomic E-state index is -0.196. The summed E-state index contributed by atoms with van der Waals surface area (Å²) < 4.78 is 14.8. The normalized spacial score (nSPS) is 11.0. The molecule has 0 bridgehead atoms. The number of hydrogen-bond acceptors (Lipinski definition) is 1. The van der Waals surface area contributed by atoms with Crippen LogP contribution in [0.25, 0.3) is 0 Å². The van der Waals surface area contributed by atoms with Crippen molar-refractivity contribution in [2.24, 2.45) is 0 Å². The lowest BCUT2D eigenvalue weighted by Gasteiger charge is -2.10. The summed E-state index contributed by atoms with van der Waals surface area (Å²) >= 11 is 0. The number of aromatic nitrogens is 2. The molecule has 0 radical (unpaired) electrons. The Morgan fingerprint density at radius 3 is 2.56 bits per heavy atom. The minimum Gasteiger partial charge on any atom is -0.330 e. The first kappa shape index (κ1) is 10.9. The SMILES string of the molecule is CC(C)c1nccn1Cc1ccc(F)cc1. The maximum Gasteiger partial charge on any atom is 0.123 e. The highest BCUT2D eigenvalue weighted by molar-refractivity contribution is 5.17. The molecule has 0 spiro atoms. The fourth-order valence-corrected chi connectivity index (χ4v) is 1.74. The summed E-state index contributed by atoms with van der Waals surface area (Å²) in [6.45, 7) is 4.97. The molecule has 1 aromatic carbocycles. The Hall–Kier alpha value is -1.64. The average molecular weight is 218 g/mol. The fourth-order valence-electron chi connectivity index (χ4n) is 1.74. The van der Waals surface area contributed by atoms with E-state index >= 15 is 0 Å². The molecule has 84 valence electrons. The summed E-state index contributed by atoms with van der Waals surface area (Å²) in [5.41, 5.74) is 1.08. The third-order valence-electron chi connectivity index (χ3n) is 2.53. The van der Waals surface area contributed by atoms with Crippen molar-refractivity contribution in [1.29, 1.82) is 0 Å². The van der Waals surface area contributed by atoms with E-state index in [0.717, 1.165) is 17.9 Å². The molecule has 2 rings (SSSR count). The van der Waals surface area contributed by atoms with Gasteiger partial charge < -0.3 is 4.57 Å². The van der Waals surface area contributed by atoms with E-state index in [0.29, 0.717) is 5.92 Å². The van der Waals surface area contributed by atoms with E-state index in [1.165, 1.54) is 12.1 Å². The molecule has 0 amide bonds. The summed E-state index contributed by atoms with van der Waals surface area (Å²) in [7, 11) is 0. The Morgan fingerprint density at radius 2 is 1.94 bits per heavy atom. The van der Waals surface area contributed by atoms with Gasteiger partial charge in [0.25, 0.3) is 0 Å². The van der Waals surface area contributed by atoms with Crippen LogP contribution in [0.2, 0.25) is 0 Å². The van der Waals surface area contributed by atoms with E-state index in [-0.39, 0.29) is 5.82 Å². The van der Waals surface area contributed by atoms with Gasteiger partial charge in [-0.2, -0.15) is 0 Å². The molecule has 16 heavy (non-hydrogen) atoms. The molecule has 1 heterocycles. The van der Waals surface area contributed by atoms with Crippen LogP contribution in [0.15, 0.2) is 36.7 Å². The van der Waals surface area contributed by atoms with E-state index < -0.39 is 0 Å². The van der Waals surface area contributed by atoms with Crippen LogP contribution in [0.5, 0.6) is 0 Å². The first-order valence-corrected chi connectivity index (χ1v) is 5.42. The number of benzene rings is 1. The summed E-state index contributed by atoms with van der Waals surface area (Å²) in [4.78, 5) is 4.32. The van der Waals surface area contributed by atoms with Crippen molar-refractivity contribution in [1.82, 2.24) is 9.55 Å². The van der Waals surface area contributed by atoms with Crippen LogP contribution in [-0.2, 0) is 6.54 Å². The Bertz CT molecular complexity index is 457. The largest absolute Gasteiger partial charge is 0.330 e. The molecule has 2 nitrogen and oxygen atoms in total. The average Bonchev–Trinajstić information content (AvgIpc) is 2.69. The Labute approximate surface area is 94.8 Å².